The molecule has 3 unspecified atom stereocenters. The van der Waals surface area contributed by atoms with Gasteiger partial charge in [0.15, 0.2) is 0 Å². The fourth-order valence-electron chi connectivity index (χ4n) is 3.14. The molecular formula is C17H26N2O2. The molecule has 3 atom stereocenters. The molecule has 1 saturated carbocycles. The minimum atomic E-state index is -0.158. The molecule has 0 aromatic heterocycles. The third kappa shape index (κ3) is 3.56. The summed E-state index contributed by atoms with van der Waals surface area (Å²) in [6.07, 6.45) is 5.15. The summed E-state index contributed by atoms with van der Waals surface area (Å²) < 4.78 is 0. The lowest BCUT2D eigenvalue weighted by Gasteiger charge is -2.31. The van der Waals surface area contributed by atoms with E-state index in [2.05, 4.69) is 0 Å². The topological polar surface area (TPSA) is 66.6 Å². The molecule has 0 saturated heterocycles. The molecule has 3 N–H and O–H groups in total. The highest BCUT2D eigenvalue weighted by Gasteiger charge is 2.31. The van der Waals surface area contributed by atoms with Crippen molar-refractivity contribution in [2.45, 2.75) is 51.1 Å². The Kier molecular flexibility index (Phi) is 5.23. The lowest BCUT2D eigenvalue weighted by molar-refractivity contribution is -0.137. The number of phenolic OH excluding ortho intramolecular Hbond substituents is 1. The van der Waals surface area contributed by atoms with Crippen LogP contribution in [0.1, 0.15) is 50.6 Å². The maximum Gasteiger partial charge on any atom is 0.227 e. The van der Waals surface area contributed by atoms with Crippen LogP contribution in [0.2, 0.25) is 0 Å². The first-order valence-electron chi connectivity index (χ1n) is 7.82. The zero-order valence-corrected chi connectivity index (χ0v) is 13.0. The van der Waals surface area contributed by atoms with Crippen molar-refractivity contribution in [3.8, 4) is 5.75 Å². The summed E-state index contributed by atoms with van der Waals surface area (Å²) in [6, 6.07) is 6.97. The maximum atomic E-state index is 12.8. The zero-order valence-electron chi connectivity index (χ0n) is 13.0. The molecule has 21 heavy (non-hydrogen) atoms. The van der Waals surface area contributed by atoms with Crippen LogP contribution < -0.4 is 5.73 Å². The molecule has 116 valence electrons. The summed E-state index contributed by atoms with van der Waals surface area (Å²) in [5.41, 5.74) is 6.96. The van der Waals surface area contributed by atoms with Crippen LogP contribution in [0.3, 0.4) is 0 Å². The molecule has 4 nitrogen and oxygen atoms in total. The molecule has 0 spiro atoms. The molecule has 1 aliphatic carbocycles. The van der Waals surface area contributed by atoms with E-state index in [9.17, 15) is 9.90 Å². The highest BCUT2D eigenvalue weighted by atomic mass is 16.3. The average Bonchev–Trinajstić information content (AvgIpc) is 2.70. The van der Waals surface area contributed by atoms with E-state index < -0.39 is 0 Å². The van der Waals surface area contributed by atoms with Crippen LogP contribution in [0.5, 0.6) is 5.75 Å². The summed E-state index contributed by atoms with van der Waals surface area (Å²) >= 11 is 0. The van der Waals surface area contributed by atoms with Gasteiger partial charge >= 0.3 is 0 Å². The van der Waals surface area contributed by atoms with E-state index in [0.29, 0.717) is 0 Å². The number of carbonyl (C=O) groups excluding carboxylic acids is 1. The summed E-state index contributed by atoms with van der Waals surface area (Å²) in [4.78, 5) is 14.5. The van der Waals surface area contributed by atoms with Gasteiger partial charge in [-0.3, -0.25) is 4.79 Å². The normalized spacial score (nSPS) is 24.1. The molecule has 1 amide bonds. The van der Waals surface area contributed by atoms with Crippen LogP contribution in [0.4, 0.5) is 0 Å². The van der Waals surface area contributed by atoms with E-state index in [0.717, 1.165) is 37.7 Å². The van der Waals surface area contributed by atoms with Crippen molar-refractivity contribution in [2.75, 3.05) is 7.05 Å². The SMILES string of the molecule is CC(c1ccccc1O)N(C)C(=O)C1CCCCCC1N. The zero-order chi connectivity index (χ0) is 15.4. The Morgan fingerprint density at radius 2 is 1.95 bits per heavy atom. The van der Waals surface area contributed by atoms with Crippen LogP contribution in [-0.4, -0.2) is 29.0 Å². The fourth-order valence-corrected chi connectivity index (χ4v) is 3.14. The van der Waals surface area contributed by atoms with Crippen molar-refractivity contribution in [1.82, 2.24) is 4.90 Å². The van der Waals surface area contributed by atoms with Gasteiger partial charge in [-0.25, -0.2) is 0 Å². The largest absolute Gasteiger partial charge is 0.508 e. The molecule has 0 bridgehead atoms. The van der Waals surface area contributed by atoms with Crippen molar-refractivity contribution in [3.05, 3.63) is 29.8 Å². The predicted octanol–water partition coefficient (Wildman–Crippen LogP) is 2.82. The van der Waals surface area contributed by atoms with Crippen molar-refractivity contribution in [3.63, 3.8) is 0 Å². The van der Waals surface area contributed by atoms with E-state index >= 15 is 0 Å². The standard InChI is InChI=1S/C17H26N2O2/c1-12(13-8-6-7-11-16(13)20)19(2)17(21)14-9-4-3-5-10-15(14)18/h6-8,11-12,14-15,20H,3-5,9-10,18H2,1-2H3. The van der Waals surface area contributed by atoms with E-state index in [1.165, 1.54) is 0 Å². The molecule has 0 radical (unpaired) electrons. The van der Waals surface area contributed by atoms with Crippen LogP contribution in [0.25, 0.3) is 0 Å². The number of hydrogen-bond acceptors (Lipinski definition) is 3. The second-order valence-corrected chi connectivity index (χ2v) is 6.09. The first kappa shape index (κ1) is 15.8. The number of rotatable bonds is 3. The third-order valence-electron chi connectivity index (χ3n) is 4.70. The molecule has 0 heterocycles. The van der Waals surface area contributed by atoms with Gasteiger partial charge in [-0.1, -0.05) is 37.5 Å². The molecule has 4 heteroatoms. The number of hydrogen-bond donors (Lipinski definition) is 2. The third-order valence-corrected chi connectivity index (χ3v) is 4.70. The quantitative estimate of drug-likeness (QED) is 0.841. The van der Waals surface area contributed by atoms with E-state index in [1.54, 1.807) is 24.1 Å². The number of phenols is 1. The summed E-state index contributed by atoms with van der Waals surface area (Å²) in [7, 11) is 1.80. The van der Waals surface area contributed by atoms with E-state index in [-0.39, 0.29) is 29.7 Å². The van der Waals surface area contributed by atoms with Gasteiger partial charge in [0.1, 0.15) is 5.75 Å². The minimum Gasteiger partial charge on any atom is -0.508 e. The number of nitrogens with zero attached hydrogens (tertiary/aromatic N) is 1. The Morgan fingerprint density at radius 3 is 2.67 bits per heavy atom. The van der Waals surface area contributed by atoms with Gasteiger partial charge in [0.05, 0.1) is 12.0 Å². The minimum absolute atomic E-state index is 0.0426. The van der Waals surface area contributed by atoms with Gasteiger partial charge in [0, 0.05) is 18.7 Å². The number of nitrogens with two attached hydrogens (primary N) is 1. The Bertz CT molecular complexity index is 489. The molecule has 1 aromatic carbocycles. The van der Waals surface area contributed by atoms with Gasteiger partial charge in [-0.2, -0.15) is 0 Å². The number of para-hydroxylation sites is 1. The Labute approximate surface area is 126 Å². The number of amides is 1. The summed E-state index contributed by atoms with van der Waals surface area (Å²) in [5.74, 6) is 0.237. The highest BCUT2D eigenvalue weighted by molar-refractivity contribution is 5.80. The second kappa shape index (κ2) is 6.94. The Balaban J connectivity index is 2.12. The summed E-state index contributed by atoms with van der Waals surface area (Å²) in [5, 5.41) is 9.96. The van der Waals surface area contributed by atoms with Crippen LogP contribution in [0.15, 0.2) is 24.3 Å². The molecule has 1 aromatic rings. The van der Waals surface area contributed by atoms with Gasteiger partial charge < -0.3 is 15.7 Å². The molecule has 1 aliphatic rings. The van der Waals surface area contributed by atoms with Crippen LogP contribution >= 0.6 is 0 Å². The van der Waals surface area contributed by atoms with Crippen LogP contribution in [0, 0.1) is 5.92 Å². The number of carbonyl (C=O) groups is 1. The Hall–Kier alpha value is -1.55. The van der Waals surface area contributed by atoms with Crippen molar-refractivity contribution < 1.29 is 9.90 Å². The summed E-state index contributed by atoms with van der Waals surface area (Å²) in [6.45, 7) is 1.94. The Morgan fingerprint density at radius 1 is 1.29 bits per heavy atom. The van der Waals surface area contributed by atoms with Crippen molar-refractivity contribution in [2.24, 2.45) is 11.7 Å². The molecule has 0 aliphatic heterocycles. The first-order valence-corrected chi connectivity index (χ1v) is 7.82. The van der Waals surface area contributed by atoms with Gasteiger partial charge in [0.2, 0.25) is 5.91 Å². The van der Waals surface area contributed by atoms with Gasteiger partial charge in [-0.15, -0.1) is 0 Å². The number of aromatic hydroxyl groups is 1. The maximum absolute atomic E-state index is 12.8. The number of benzene rings is 1. The molecular weight excluding hydrogens is 264 g/mol. The van der Waals surface area contributed by atoms with Crippen molar-refractivity contribution in [1.29, 1.82) is 0 Å². The first-order chi connectivity index (χ1) is 10.0. The fraction of sp³-hybridized carbons (Fsp3) is 0.588. The smallest absolute Gasteiger partial charge is 0.227 e. The van der Waals surface area contributed by atoms with Gasteiger partial charge in [-0.05, 0) is 25.8 Å². The van der Waals surface area contributed by atoms with Gasteiger partial charge in [0.25, 0.3) is 0 Å². The van der Waals surface area contributed by atoms with E-state index in [4.69, 9.17) is 5.73 Å². The lowest BCUT2D eigenvalue weighted by atomic mass is 9.93. The van der Waals surface area contributed by atoms with E-state index in [1.807, 2.05) is 19.1 Å². The molecule has 2 rings (SSSR count). The average molecular weight is 290 g/mol. The lowest BCUT2D eigenvalue weighted by Crippen LogP contribution is -2.43. The monoisotopic (exact) mass is 290 g/mol. The van der Waals surface area contributed by atoms with Crippen molar-refractivity contribution >= 4 is 5.91 Å². The molecule has 1 fully saturated rings. The second-order valence-electron chi connectivity index (χ2n) is 6.09. The predicted molar refractivity (Wildman–Crippen MR) is 83.8 cm³/mol. The van der Waals surface area contributed by atoms with Crippen LogP contribution in [-0.2, 0) is 4.79 Å². The highest BCUT2D eigenvalue weighted by Crippen LogP contribution is 2.30.